The van der Waals surface area contributed by atoms with Crippen LogP contribution in [0, 0.1) is 11.7 Å². The van der Waals surface area contributed by atoms with Gasteiger partial charge in [-0.05, 0) is 43.4 Å². The summed E-state index contributed by atoms with van der Waals surface area (Å²) in [5.41, 5.74) is -0.0589. The van der Waals surface area contributed by atoms with E-state index in [9.17, 15) is 19.4 Å². The number of aliphatic hydroxyl groups excluding tert-OH is 1. The summed E-state index contributed by atoms with van der Waals surface area (Å²) in [7, 11) is 0. The Bertz CT molecular complexity index is 464. The van der Waals surface area contributed by atoms with Crippen molar-refractivity contribution in [3.63, 3.8) is 0 Å². The second kappa shape index (κ2) is 6.02. The van der Waals surface area contributed by atoms with Gasteiger partial charge in [-0.1, -0.05) is 6.42 Å². The smallest absolute Gasteiger partial charge is 0.255 e. The molecule has 0 spiro atoms. The maximum Gasteiger partial charge on any atom is 0.255 e. The minimum Gasteiger partial charge on any atom is -0.507 e. The van der Waals surface area contributed by atoms with Crippen LogP contribution in [0.4, 0.5) is 4.39 Å². The van der Waals surface area contributed by atoms with Crippen molar-refractivity contribution in [1.82, 2.24) is 5.32 Å². The lowest BCUT2D eigenvalue weighted by Gasteiger charge is -2.25. The molecule has 0 aromatic heterocycles. The first-order chi connectivity index (χ1) is 9.06. The third kappa shape index (κ3) is 3.67. The summed E-state index contributed by atoms with van der Waals surface area (Å²) >= 11 is 0. The monoisotopic (exact) mass is 267 g/mol. The van der Waals surface area contributed by atoms with Crippen LogP contribution in [0.2, 0.25) is 0 Å². The van der Waals surface area contributed by atoms with Gasteiger partial charge in [0.25, 0.3) is 5.91 Å². The summed E-state index contributed by atoms with van der Waals surface area (Å²) in [4.78, 5) is 11.8. The van der Waals surface area contributed by atoms with Crippen molar-refractivity contribution in [2.45, 2.75) is 31.8 Å². The molecule has 0 aliphatic heterocycles. The summed E-state index contributed by atoms with van der Waals surface area (Å²) in [5, 5.41) is 21.7. The van der Waals surface area contributed by atoms with E-state index in [0.717, 1.165) is 37.5 Å². The topological polar surface area (TPSA) is 69.6 Å². The van der Waals surface area contributed by atoms with Gasteiger partial charge in [0.05, 0.1) is 11.7 Å². The molecule has 2 atom stereocenters. The lowest BCUT2D eigenvalue weighted by molar-refractivity contribution is 0.0871. The van der Waals surface area contributed by atoms with E-state index >= 15 is 0 Å². The van der Waals surface area contributed by atoms with Crippen molar-refractivity contribution < 1.29 is 19.4 Å². The molecule has 1 aliphatic carbocycles. The third-order valence-electron chi connectivity index (χ3n) is 3.51. The molecule has 104 valence electrons. The van der Waals surface area contributed by atoms with Gasteiger partial charge in [-0.15, -0.1) is 0 Å². The molecular weight excluding hydrogens is 249 g/mol. The number of carbonyl (C=O) groups is 1. The summed E-state index contributed by atoms with van der Waals surface area (Å²) < 4.78 is 13.0. The molecule has 4 nitrogen and oxygen atoms in total. The molecule has 2 rings (SSSR count). The van der Waals surface area contributed by atoms with Crippen LogP contribution >= 0.6 is 0 Å². The van der Waals surface area contributed by atoms with Gasteiger partial charge in [-0.25, -0.2) is 4.39 Å². The number of aromatic hydroxyl groups is 1. The van der Waals surface area contributed by atoms with Crippen LogP contribution in [0.5, 0.6) is 5.75 Å². The van der Waals surface area contributed by atoms with Gasteiger partial charge in [0, 0.05) is 6.54 Å². The minimum atomic E-state index is -0.559. The van der Waals surface area contributed by atoms with Gasteiger partial charge in [-0.3, -0.25) is 4.79 Å². The predicted molar refractivity (Wildman–Crippen MR) is 68.4 cm³/mol. The van der Waals surface area contributed by atoms with Crippen molar-refractivity contribution in [2.75, 3.05) is 6.54 Å². The van der Waals surface area contributed by atoms with Gasteiger partial charge in [0.2, 0.25) is 0 Å². The number of amides is 1. The SMILES string of the molecule is O=C(NCC1CCCC(O)C1)c1cc(F)ccc1O. The van der Waals surface area contributed by atoms with E-state index in [0.29, 0.717) is 13.0 Å². The summed E-state index contributed by atoms with van der Waals surface area (Å²) in [6, 6.07) is 3.28. The number of aliphatic hydroxyl groups is 1. The van der Waals surface area contributed by atoms with Crippen LogP contribution < -0.4 is 5.32 Å². The van der Waals surface area contributed by atoms with Crippen LogP contribution in [0.1, 0.15) is 36.0 Å². The van der Waals surface area contributed by atoms with E-state index in [2.05, 4.69) is 5.32 Å². The molecule has 1 aromatic carbocycles. The number of rotatable bonds is 3. The number of nitrogens with one attached hydrogen (secondary N) is 1. The van der Waals surface area contributed by atoms with Crippen LogP contribution in [-0.2, 0) is 0 Å². The van der Waals surface area contributed by atoms with Crippen LogP contribution in [0.3, 0.4) is 0 Å². The predicted octanol–water partition coefficient (Wildman–Crippen LogP) is 1.81. The zero-order chi connectivity index (χ0) is 13.8. The van der Waals surface area contributed by atoms with E-state index in [1.54, 1.807) is 0 Å². The highest BCUT2D eigenvalue weighted by Crippen LogP contribution is 2.24. The zero-order valence-corrected chi connectivity index (χ0v) is 10.6. The molecule has 0 radical (unpaired) electrons. The molecule has 1 amide bonds. The van der Waals surface area contributed by atoms with E-state index in [4.69, 9.17) is 0 Å². The van der Waals surface area contributed by atoms with Crippen molar-refractivity contribution in [3.05, 3.63) is 29.6 Å². The first-order valence-electron chi connectivity index (χ1n) is 6.51. The number of hydrogen-bond acceptors (Lipinski definition) is 3. The quantitative estimate of drug-likeness (QED) is 0.782. The zero-order valence-electron chi connectivity index (χ0n) is 10.6. The van der Waals surface area contributed by atoms with E-state index in [-0.39, 0.29) is 23.3 Å². The highest BCUT2D eigenvalue weighted by molar-refractivity contribution is 5.96. The molecule has 3 N–H and O–H groups in total. The van der Waals surface area contributed by atoms with Crippen molar-refractivity contribution in [2.24, 2.45) is 5.92 Å². The highest BCUT2D eigenvalue weighted by Gasteiger charge is 2.21. The first kappa shape index (κ1) is 13.8. The summed E-state index contributed by atoms with van der Waals surface area (Å²) in [6.07, 6.45) is 3.11. The van der Waals surface area contributed by atoms with Crippen LogP contribution in [0.15, 0.2) is 18.2 Å². The lowest BCUT2D eigenvalue weighted by atomic mass is 9.87. The van der Waals surface area contributed by atoms with Crippen LogP contribution in [-0.4, -0.2) is 28.8 Å². The summed E-state index contributed by atoms with van der Waals surface area (Å²) in [5.74, 6) is -1.04. The largest absolute Gasteiger partial charge is 0.507 e. The first-order valence-corrected chi connectivity index (χ1v) is 6.51. The molecule has 1 fully saturated rings. The van der Waals surface area contributed by atoms with Gasteiger partial charge >= 0.3 is 0 Å². The second-order valence-corrected chi connectivity index (χ2v) is 5.06. The Morgan fingerprint density at radius 1 is 1.42 bits per heavy atom. The Morgan fingerprint density at radius 2 is 2.21 bits per heavy atom. The van der Waals surface area contributed by atoms with E-state index < -0.39 is 11.7 Å². The van der Waals surface area contributed by atoms with Gasteiger partial charge in [0.15, 0.2) is 0 Å². The Balaban J connectivity index is 1.92. The number of hydrogen-bond donors (Lipinski definition) is 3. The molecule has 1 aromatic rings. The molecule has 1 aliphatic rings. The molecular formula is C14H18FNO3. The van der Waals surface area contributed by atoms with Crippen molar-refractivity contribution in [3.8, 4) is 5.75 Å². The molecule has 1 saturated carbocycles. The maximum absolute atomic E-state index is 13.0. The third-order valence-corrected chi connectivity index (χ3v) is 3.51. The number of phenolic OH excluding ortho intramolecular Hbond substituents is 1. The normalized spacial score (nSPS) is 23.1. The summed E-state index contributed by atoms with van der Waals surface area (Å²) in [6.45, 7) is 0.436. The number of carbonyl (C=O) groups excluding carboxylic acids is 1. The fourth-order valence-electron chi connectivity index (χ4n) is 2.47. The van der Waals surface area contributed by atoms with Gasteiger partial charge in [-0.2, -0.15) is 0 Å². The van der Waals surface area contributed by atoms with E-state index in [1.165, 1.54) is 0 Å². The number of benzene rings is 1. The maximum atomic E-state index is 13.0. The average Bonchev–Trinajstić information content (AvgIpc) is 2.39. The lowest BCUT2D eigenvalue weighted by Crippen LogP contribution is -2.33. The van der Waals surface area contributed by atoms with Gasteiger partial charge < -0.3 is 15.5 Å². The highest BCUT2D eigenvalue weighted by atomic mass is 19.1. The molecule has 0 heterocycles. The second-order valence-electron chi connectivity index (χ2n) is 5.06. The Morgan fingerprint density at radius 3 is 2.95 bits per heavy atom. The van der Waals surface area contributed by atoms with E-state index in [1.807, 2.05) is 0 Å². The minimum absolute atomic E-state index is 0.0589. The van der Waals surface area contributed by atoms with Crippen molar-refractivity contribution in [1.29, 1.82) is 0 Å². The number of phenols is 1. The van der Waals surface area contributed by atoms with Crippen LogP contribution in [0.25, 0.3) is 0 Å². The Hall–Kier alpha value is -1.62. The van der Waals surface area contributed by atoms with Gasteiger partial charge in [0.1, 0.15) is 11.6 Å². The Kier molecular flexibility index (Phi) is 4.37. The molecule has 2 unspecified atom stereocenters. The fraction of sp³-hybridized carbons (Fsp3) is 0.500. The fourth-order valence-corrected chi connectivity index (χ4v) is 2.47. The average molecular weight is 267 g/mol. The molecule has 5 heteroatoms. The molecule has 0 bridgehead atoms. The molecule has 0 saturated heterocycles. The molecule has 19 heavy (non-hydrogen) atoms. The van der Waals surface area contributed by atoms with Crippen molar-refractivity contribution >= 4 is 5.91 Å². The standard InChI is InChI=1S/C14H18FNO3/c15-10-4-5-13(18)12(7-10)14(19)16-8-9-2-1-3-11(17)6-9/h4-5,7,9,11,17-18H,1-3,6,8H2,(H,16,19). The number of halogens is 1. The Labute approximate surface area is 111 Å².